The highest BCUT2D eigenvalue weighted by molar-refractivity contribution is 4.96. The van der Waals surface area contributed by atoms with Crippen molar-refractivity contribution < 1.29 is 4.74 Å². The molecule has 0 saturated heterocycles. The minimum absolute atomic E-state index is 0.0385. The molecule has 1 aromatic rings. The predicted octanol–water partition coefficient (Wildman–Crippen LogP) is -0.271. The summed E-state index contributed by atoms with van der Waals surface area (Å²) in [6.07, 6.45) is 2.44. The molecule has 1 heterocycles. The molecule has 1 atom stereocenters. The molecule has 2 N–H and O–H groups in total. The highest BCUT2D eigenvalue weighted by Crippen LogP contribution is 2.41. The van der Waals surface area contributed by atoms with E-state index in [1.54, 1.807) is 11.8 Å². The molecule has 1 aliphatic carbocycles. The number of hydrogen-bond donors (Lipinski definition) is 1. The fourth-order valence-corrected chi connectivity index (χ4v) is 1.60. The number of nitrogens with zero attached hydrogens (tertiary/aromatic N) is 4. The zero-order chi connectivity index (χ0) is 9.97. The van der Waals surface area contributed by atoms with Crippen molar-refractivity contribution in [2.45, 2.75) is 25.5 Å². The fourth-order valence-electron chi connectivity index (χ4n) is 1.60. The summed E-state index contributed by atoms with van der Waals surface area (Å²) >= 11 is 0. The maximum Gasteiger partial charge on any atom is 0.180 e. The Bertz CT molecular complexity index is 296. The Balaban J connectivity index is 2.15. The minimum Gasteiger partial charge on any atom is -0.373 e. The van der Waals surface area contributed by atoms with Crippen LogP contribution in [0.1, 0.15) is 24.8 Å². The van der Waals surface area contributed by atoms with Gasteiger partial charge in [0.1, 0.15) is 6.10 Å². The average Bonchev–Trinajstić information content (AvgIpc) is 2.91. The van der Waals surface area contributed by atoms with Gasteiger partial charge in [0.2, 0.25) is 0 Å². The topological polar surface area (TPSA) is 78.9 Å². The number of nitrogens with two attached hydrogens (primary N) is 1. The van der Waals surface area contributed by atoms with Crippen molar-refractivity contribution in [2.75, 3.05) is 13.7 Å². The number of ether oxygens (including phenoxy) is 1. The third kappa shape index (κ3) is 1.76. The van der Waals surface area contributed by atoms with E-state index in [0.29, 0.717) is 19.0 Å². The summed E-state index contributed by atoms with van der Waals surface area (Å²) in [5.74, 6) is 1.39. The van der Waals surface area contributed by atoms with Crippen molar-refractivity contribution in [1.82, 2.24) is 20.2 Å². The van der Waals surface area contributed by atoms with Crippen LogP contribution in [0.25, 0.3) is 0 Å². The van der Waals surface area contributed by atoms with Gasteiger partial charge in [0, 0.05) is 13.7 Å². The van der Waals surface area contributed by atoms with Crippen molar-refractivity contribution in [1.29, 1.82) is 0 Å². The lowest BCUT2D eigenvalue weighted by molar-refractivity contribution is 0.0730. The Kier molecular flexibility index (Phi) is 2.74. The quantitative estimate of drug-likeness (QED) is 0.703. The van der Waals surface area contributed by atoms with Gasteiger partial charge in [0.25, 0.3) is 0 Å². The SMILES string of the molecule is COC(c1nnnn1CCN)C1CC1. The smallest absolute Gasteiger partial charge is 0.180 e. The van der Waals surface area contributed by atoms with Gasteiger partial charge in [-0.05, 0) is 29.2 Å². The second kappa shape index (κ2) is 4.02. The molecule has 78 valence electrons. The van der Waals surface area contributed by atoms with Gasteiger partial charge in [-0.15, -0.1) is 5.10 Å². The van der Waals surface area contributed by atoms with E-state index in [1.807, 2.05) is 0 Å². The van der Waals surface area contributed by atoms with E-state index in [9.17, 15) is 0 Å². The molecule has 1 saturated carbocycles. The standard InChI is InChI=1S/C8H15N5O/c1-14-7(6-2-3-6)8-10-11-12-13(8)5-4-9/h6-7H,2-5,9H2,1H3. The Labute approximate surface area is 82.4 Å². The van der Waals surface area contributed by atoms with Gasteiger partial charge in [-0.3, -0.25) is 0 Å². The molecule has 6 nitrogen and oxygen atoms in total. The molecule has 0 aliphatic heterocycles. The van der Waals surface area contributed by atoms with Crippen LogP contribution in [-0.2, 0) is 11.3 Å². The number of hydrogen-bond acceptors (Lipinski definition) is 5. The third-order valence-corrected chi connectivity index (χ3v) is 2.46. The van der Waals surface area contributed by atoms with Crippen LogP contribution in [-0.4, -0.2) is 33.9 Å². The van der Waals surface area contributed by atoms with Gasteiger partial charge >= 0.3 is 0 Å². The molecule has 0 aromatic carbocycles. The lowest BCUT2D eigenvalue weighted by Gasteiger charge is -2.13. The molecule has 0 spiro atoms. The molecule has 6 heteroatoms. The van der Waals surface area contributed by atoms with E-state index in [4.69, 9.17) is 10.5 Å². The second-order valence-electron chi connectivity index (χ2n) is 3.54. The third-order valence-electron chi connectivity index (χ3n) is 2.46. The molecule has 14 heavy (non-hydrogen) atoms. The Hall–Kier alpha value is -1.01. The zero-order valence-corrected chi connectivity index (χ0v) is 8.26. The highest BCUT2D eigenvalue weighted by Gasteiger charge is 2.35. The largest absolute Gasteiger partial charge is 0.373 e. The Morgan fingerprint density at radius 2 is 2.43 bits per heavy atom. The molecule has 0 amide bonds. The molecule has 0 radical (unpaired) electrons. The van der Waals surface area contributed by atoms with Crippen molar-refractivity contribution in [2.24, 2.45) is 11.7 Å². The maximum atomic E-state index is 5.46. The average molecular weight is 197 g/mol. The van der Waals surface area contributed by atoms with Crippen LogP contribution in [0.5, 0.6) is 0 Å². The van der Waals surface area contributed by atoms with E-state index in [1.165, 1.54) is 12.8 Å². The van der Waals surface area contributed by atoms with Crippen molar-refractivity contribution >= 4 is 0 Å². The van der Waals surface area contributed by atoms with Gasteiger partial charge in [-0.2, -0.15) is 0 Å². The molecule has 1 fully saturated rings. The van der Waals surface area contributed by atoms with Crippen LogP contribution in [0.4, 0.5) is 0 Å². The number of methoxy groups -OCH3 is 1. The Morgan fingerprint density at radius 3 is 3.00 bits per heavy atom. The van der Waals surface area contributed by atoms with Crippen molar-refractivity contribution in [3.05, 3.63) is 5.82 Å². The van der Waals surface area contributed by atoms with Gasteiger partial charge in [0.15, 0.2) is 5.82 Å². The first-order chi connectivity index (χ1) is 6.86. The maximum absolute atomic E-state index is 5.46. The monoisotopic (exact) mass is 197 g/mol. The van der Waals surface area contributed by atoms with Gasteiger partial charge < -0.3 is 10.5 Å². The number of rotatable bonds is 5. The summed E-state index contributed by atoms with van der Waals surface area (Å²) in [6, 6.07) is 0. The van der Waals surface area contributed by atoms with Gasteiger partial charge in [-0.1, -0.05) is 0 Å². The fraction of sp³-hybridized carbons (Fsp3) is 0.875. The van der Waals surface area contributed by atoms with Crippen LogP contribution >= 0.6 is 0 Å². The normalized spacial score (nSPS) is 18.4. The molecule has 1 aromatic heterocycles. The van der Waals surface area contributed by atoms with Crippen LogP contribution in [0.2, 0.25) is 0 Å². The first kappa shape index (κ1) is 9.54. The summed E-state index contributed by atoms with van der Waals surface area (Å²) in [4.78, 5) is 0. The van der Waals surface area contributed by atoms with Crippen LogP contribution in [0, 0.1) is 5.92 Å². The number of aromatic nitrogens is 4. The molecule has 1 unspecified atom stereocenters. The van der Waals surface area contributed by atoms with E-state index in [-0.39, 0.29) is 6.10 Å². The first-order valence-electron chi connectivity index (χ1n) is 4.85. The summed E-state index contributed by atoms with van der Waals surface area (Å²) in [5, 5.41) is 11.5. The zero-order valence-electron chi connectivity index (χ0n) is 8.26. The molecule has 0 bridgehead atoms. The van der Waals surface area contributed by atoms with Gasteiger partial charge in [0.05, 0.1) is 6.54 Å². The van der Waals surface area contributed by atoms with E-state index in [0.717, 1.165) is 5.82 Å². The molecule has 1 aliphatic rings. The van der Waals surface area contributed by atoms with Crippen LogP contribution in [0.15, 0.2) is 0 Å². The van der Waals surface area contributed by atoms with Gasteiger partial charge in [-0.25, -0.2) is 4.68 Å². The summed E-state index contributed by atoms with van der Waals surface area (Å²) in [6.45, 7) is 1.19. The Morgan fingerprint density at radius 1 is 1.64 bits per heavy atom. The van der Waals surface area contributed by atoms with Crippen LogP contribution in [0.3, 0.4) is 0 Å². The van der Waals surface area contributed by atoms with Crippen molar-refractivity contribution in [3.8, 4) is 0 Å². The molecular weight excluding hydrogens is 182 g/mol. The van der Waals surface area contributed by atoms with E-state index >= 15 is 0 Å². The van der Waals surface area contributed by atoms with Crippen LogP contribution < -0.4 is 5.73 Å². The van der Waals surface area contributed by atoms with Crippen molar-refractivity contribution in [3.63, 3.8) is 0 Å². The lowest BCUT2D eigenvalue weighted by atomic mass is 10.2. The minimum atomic E-state index is 0.0385. The second-order valence-corrected chi connectivity index (χ2v) is 3.54. The summed E-state index contributed by atoms with van der Waals surface area (Å²) < 4.78 is 7.13. The summed E-state index contributed by atoms with van der Waals surface area (Å²) in [7, 11) is 1.70. The lowest BCUT2D eigenvalue weighted by Crippen LogP contribution is -2.18. The highest BCUT2D eigenvalue weighted by atomic mass is 16.5. The molecular formula is C8H15N5O. The predicted molar refractivity (Wildman–Crippen MR) is 49.3 cm³/mol. The van der Waals surface area contributed by atoms with E-state index in [2.05, 4.69) is 15.5 Å². The molecule has 2 rings (SSSR count). The first-order valence-corrected chi connectivity index (χ1v) is 4.85. The number of tetrazole rings is 1. The summed E-state index contributed by atoms with van der Waals surface area (Å²) in [5.41, 5.74) is 5.46. The van der Waals surface area contributed by atoms with E-state index < -0.39 is 0 Å².